The first-order valence-electron chi connectivity index (χ1n) is 9.68. The lowest BCUT2D eigenvalue weighted by Gasteiger charge is -2.43. The van der Waals surface area contributed by atoms with Gasteiger partial charge in [-0.15, -0.1) is 0 Å². The van der Waals surface area contributed by atoms with E-state index in [4.69, 9.17) is 0 Å². The maximum Gasteiger partial charge on any atom is 0.126 e. The molecule has 28 heavy (non-hydrogen) atoms. The van der Waals surface area contributed by atoms with Crippen molar-refractivity contribution in [3.63, 3.8) is 0 Å². The quantitative estimate of drug-likeness (QED) is 0.386. The molecule has 0 aliphatic rings. The topological polar surface area (TPSA) is 0 Å². The number of aryl methyl sites for hydroxylation is 1. The van der Waals surface area contributed by atoms with Gasteiger partial charge in [-0.2, -0.15) is 0 Å². The molecule has 0 saturated carbocycles. The summed E-state index contributed by atoms with van der Waals surface area (Å²) in [4.78, 5) is 0. The van der Waals surface area contributed by atoms with Crippen LogP contribution in [0.5, 0.6) is 0 Å². The molecule has 0 heterocycles. The second-order valence-corrected chi connectivity index (χ2v) is 13.3. The normalized spacial score (nSPS) is 12.8. The van der Waals surface area contributed by atoms with Crippen LogP contribution in [0.1, 0.15) is 47.1 Å². The van der Waals surface area contributed by atoms with Gasteiger partial charge in [-0.3, -0.25) is 0 Å². The molecule has 3 aromatic carbocycles. The van der Waals surface area contributed by atoms with Gasteiger partial charge < -0.3 is 0 Å². The average Bonchev–Trinajstić information content (AvgIpc) is 2.53. The van der Waals surface area contributed by atoms with Gasteiger partial charge in [-0.05, 0) is 68.2 Å². The molecule has 0 fully saturated rings. The van der Waals surface area contributed by atoms with Crippen molar-refractivity contribution >= 4 is 24.0 Å². The fourth-order valence-corrected chi connectivity index (χ4v) is 8.50. The molecule has 3 rings (SSSR count). The van der Waals surface area contributed by atoms with E-state index in [0.717, 1.165) is 11.6 Å². The van der Waals surface area contributed by atoms with E-state index < -0.39 is 19.6 Å². The van der Waals surface area contributed by atoms with E-state index >= 15 is 0 Å². The Morgan fingerprint density at radius 1 is 0.679 bits per heavy atom. The summed E-state index contributed by atoms with van der Waals surface area (Å²) in [7, 11) is -0.500. The Kier molecular flexibility index (Phi) is 5.40. The van der Waals surface area contributed by atoms with Gasteiger partial charge in [-0.1, -0.05) is 73.7 Å². The highest BCUT2D eigenvalue weighted by Gasteiger charge is 2.37. The Hall–Kier alpha value is -1.79. The smallest absolute Gasteiger partial charge is 0.126 e. The van der Waals surface area contributed by atoms with Crippen molar-refractivity contribution in [3.05, 3.63) is 65.7 Å². The van der Waals surface area contributed by atoms with Gasteiger partial charge in [-0.25, -0.2) is 8.78 Å². The van der Waals surface area contributed by atoms with Crippen LogP contribution in [0, 0.1) is 18.6 Å². The minimum Gasteiger partial charge on any atom is -0.207 e. The summed E-state index contributed by atoms with van der Waals surface area (Å²) in [6.07, 6.45) is 0. The average molecular weight is 398 g/mol. The zero-order valence-electron chi connectivity index (χ0n) is 17.8. The molecule has 0 atom stereocenters. The molecule has 0 saturated heterocycles. The van der Waals surface area contributed by atoms with Crippen LogP contribution in [0.2, 0.25) is 0 Å². The van der Waals surface area contributed by atoms with E-state index in [1.165, 1.54) is 33.8 Å². The largest absolute Gasteiger partial charge is 0.207 e. The van der Waals surface area contributed by atoms with Crippen molar-refractivity contribution in [1.29, 1.82) is 0 Å². The molecule has 0 amide bonds. The molecule has 0 bridgehead atoms. The predicted molar refractivity (Wildman–Crippen MR) is 120 cm³/mol. The standard InChI is InChI=1S/C25H29F2P/c1-16-8-9-17-10-11-18(19-12-20(26)15-21(27)13-19)14-22(17)23(16)28(24(2,3)4)25(5,6)7/h8-15H,1-7H3. The second-order valence-electron chi connectivity index (χ2n) is 9.50. The van der Waals surface area contributed by atoms with Gasteiger partial charge in [0.1, 0.15) is 11.6 Å². The highest BCUT2D eigenvalue weighted by molar-refractivity contribution is 7.69. The summed E-state index contributed by atoms with van der Waals surface area (Å²) in [5, 5.41) is 4.02. The third kappa shape index (κ3) is 4.13. The van der Waals surface area contributed by atoms with Crippen LogP contribution < -0.4 is 5.30 Å². The van der Waals surface area contributed by atoms with Gasteiger partial charge >= 0.3 is 0 Å². The Morgan fingerprint density at radius 2 is 1.21 bits per heavy atom. The molecule has 0 aromatic heterocycles. The van der Waals surface area contributed by atoms with Gasteiger partial charge in [0.2, 0.25) is 0 Å². The van der Waals surface area contributed by atoms with E-state index in [1.807, 2.05) is 6.07 Å². The fourth-order valence-electron chi connectivity index (χ4n) is 4.29. The summed E-state index contributed by atoms with van der Waals surface area (Å²) in [6, 6.07) is 14.2. The molecule has 0 nitrogen and oxygen atoms in total. The molecule has 148 valence electrons. The summed E-state index contributed by atoms with van der Waals surface area (Å²) in [6.45, 7) is 16.1. The maximum atomic E-state index is 13.8. The number of halogens is 2. The predicted octanol–water partition coefficient (Wildman–Crippen LogP) is 7.80. The van der Waals surface area contributed by atoms with E-state index in [0.29, 0.717) is 5.56 Å². The molecular formula is C25H29F2P. The van der Waals surface area contributed by atoms with Crippen molar-refractivity contribution < 1.29 is 8.78 Å². The van der Waals surface area contributed by atoms with E-state index in [9.17, 15) is 8.78 Å². The van der Waals surface area contributed by atoms with E-state index in [1.54, 1.807) is 0 Å². The zero-order valence-corrected chi connectivity index (χ0v) is 18.7. The third-order valence-electron chi connectivity index (χ3n) is 4.96. The summed E-state index contributed by atoms with van der Waals surface area (Å²) < 4.78 is 27.5. The molecule has 0 spiro atoms. The first-order chi connectivity index (χ1) is 12.9. The highest BCUT2D eigenvalue weighted by atomic mass is 31.1. The second kappa shape index (κ2) is 7.23. The van der Waals surface area contributed by atoms with Crippen LogP contribution in [-0.4, -0.2) is 10.3 Å². The van der Waals surface area contributed by atoms with Crippen molar-refractivity contribution in [2.24, 2.45) is 0 Å². The number of benzene rings is 3. The van der Waals surface area contributed by atoms with Crippen LogP contribution in [0.15, 0.2) is 48.5 Å². The molecule has 0 aliphatic heterocycles. The Bertz CT molecular complexity index is 989. The Morgan fingerprint density at radius 3 is 1.75 bits per heavy atom. The molecule has 3 heteroatoms. The number of hydrogen-bond acceptors (Lipinski definition) is 0. The van der Waals surface area contributed by atoms with E-state index in [-0.39, 0.29) is 10.3 Å². The lowest BCUT2D eigenvalue weighted by molar-refractivity contribution is 0.584. The molecule has 0 radical (unpaired) electrons. The lowest BCUT2D eigenvalue weighted by Crippen LogP contribution is -2.32. The van der Waals surface area contributed by atoms with Crippen molar-refractivity contribution in [3.8, 4) is 11.1 Å². The van der Waals surface area contributed by atoms with Crippen LogP contribution in [-0.2, 0) is 0 Å². The van der Waals surface area contributed by atoms with Crippen molar-refractivity contribution in [1.82, 2.24) is 0 Å². The van der Waals surface area contributed by atoms with Crippen LogP contribution in [0.25, 0.3) is 21.9 Å². The molecular weight excluding hydrogens is 369 g/mol. The number of rotatable bonds is 2. The highest BCUT2D eigenvalue weighted by Crippen LogP contribution is 2.59. The number of fused-ring (bicyclic) bond motifs is 1. The third-order valence-corrected chi connectivity index (χ3v) is 8.68. The maximum absolute atomic E-state index is 13.8. The first kappa shape index (κ1) is 20.9. The summed E-state index contributed by atoms with van der Waals surface area (Å²) in [5.74, 6) is -1.10. The Balaban J connectivity index is 2.32. The lowest BCUT2D eigenvalue weighted by atomic mass is 10.00. The van der Waals surface area contributed by atoms with Crippen LogP contribution in [0.3, 0.4) is 0 Å². The minimum absolute atomic E-state index is 0.133. The minimum atomic E-state index is -0.550. The molecule has 0 unspecified atom stereocenters. The summed E-state index contributed by atoms with van der Waals surface area (Å²) >= 11 is 0. The zero-order chi connectivity index (χ0) is 20.9. The van der Waals surface area contributed by atoms with Gasteiger partial charge in [0, 0.05) is 6.07 Å². The molecule has 0 aliphatic carbocycles. The molecule has 3 aromatic rings. The van der Waals surface area contributed by atoms with Gasteiger partial charge in [0.05, 0.1) is 0 Å². The van der Waals surface area contributed by atoms with Crippen LogP contribution >= 0.6 is 7.92 Å². The SMILES string of the molecule is Cc1ccc2ccc(-c3cc(F)cc(F)c3)cc2c1P(C(C)(C)C)C(C)(C)C. The Labute approximate surface area is 168 Å². The fraction of sp³-hybridized carbons (Fsp3) is 0.360. The summed E-state index contributed by atoms with van der Waals surface area (Å²) in [5.41, 5.74) is 2.70. The van der Waals surface area contributed by atoms with Gasteiger partial charge in [0.15, 0.2) is 0 Å². The number of hydrogen-bond donors (Lipinski definition) is 0. The molecule has 0 N–H and O–H groups in total. The first-order valence-corrected chi connectivity index (χ1v) is 11.0. The van der Waals surface area contributed by atoms with E-state index in [2.05, 4.69) is 72.7 Å². The monoisotopic (exact) mass is 398 g/mol. The van der Waals surface area contributed by atoms with Crippen LogP contribution in [0.4, 0.5) is 8.78 Å². The van der Waals surface area contributed by atoms with Gasteiger partial charge in [0.25, 0.3) is 0 Å². The van der Waals surface area contributed by atoms with Crippen molar-refractivity contribution in [2.45, 2.75) is 58.8 Å². The van der Waals surface area contributed by atoms with Crippen molar-refractivity contribution in [2.75, 3.05) is 0 Å².